The normalized spacial score (nSPS) is 28.9. The van der Waals surface area contributed by atoms with E-state index in [1.54, 1.807) is 0 Å². The minimum absolute atomic E-state index is 0.0739. The van der Waals surface area contributed by atoms with Crippen molar-refractivity contribution in [1.29, 1.82) is 0 Å². The average Bonchev–Trinajstić information content (AvgIpc) is 2.53. The van der Waals surface area contributed by atoms with Gasteiger partial charge in [-0.3, -0.25) is 0 Å². The monoisotopic (exact) mass is 350 g/mol. The van der Waals surface area contributed by atoms with Crippen molar-refractivity contribution in [2.75, 3.05) is 13.2 Å². The Morgan fingerprint density at radius 2 is 1.83 bits per heavy atom. The van der Waals surface area contributed by atoms with Crippen molar-refractivity contribution in [1.82, 2.24) is 0 Å². The first-order valence-electron chi connectivity index (χ1n) is 8.74. The second-order valence-corrected chi connectivity index (χ2v) is 6.53. The van der Waals surface area contributed by atoms with Gasteiger partial charge in [0.05, 0.1) is 12.7 Å². The van der Waals surface area contributed by atoms with Gasteiger partial charge in [0.1, 0.15) is 0 Å². The number of hydrogen-bond donors (Lipinski definition) is 0. The van der Waals surface area contributed by atoms with Gasteiger partial charge in [-0.2, -0.15) is 17.6 Å². The van der Waals surface area contributed by atoms with E-state index in [1.165, 1.54) is 6.92 Å². The Morgan fingerprint density at radius 3 is 2.42 bits per heavy atom. The first kappa shape index (κ1) is 19.3. The van der Waals surface area contributed by atoms with Gasteiger partial charge < -0.3 is 9.47 Å². The van der Waals surface area contributed by atoms with E-state index < -0.39 is 23.2 Å². The molecule has 1 aliphatic heterocycles. The first-order valence-corrected chi connectivity index (χ1v) is 8.74. The van der Waals surface area contributed by atoms with E-state index in [0.29, 0.717) is 18.9 Å². The summed E-state index contributed by atoms with van der Waals surface area (Å²) in [6.45, 7) is 4.17. The van der Waals surface area contributed by atoms with E-state index in [0.717, 1.165) is 37.8 Å². The molecule has 2 nitrogen and oxygen atoms in total. The summed E-state index contributed by atoms with van der Waals surface area (Å²) in [4.78, 5) is 0. The molecule has 1 aliphatic carbocycles. The van der Waals surface area contributed by atoms with Crippen LogP contribution in [-0.2, 0) is 9.47 Å². The van der Waals surface area contributed by atoms with Crippen LogP contribution in [0.5, 0.6) is 0 Å². The van der Waals surface area contributed by atoms with Crippen LogP contribution >= 0.6 is 0 Å². The standard InChI is InChI=1S/C18H26F4O2/c1-3-5-13-6-9-15(24-12-13)10-7-14-8-11-16(23-4-2)18(21,22)17(14,19)20/h8,11,13,15H,3-7,9-10,12H2,1-2H3. The van der Waals surface area contributed by atoms with E-state index in [9.17, 15) is 17.6 Å². The average molecular weight is 350 g/mol. The predicted molar refractivity (Wildman–Crippen MR) is 84.3 cm³/mol. The number of allylic oxidation sites excluding steroid dienone is 4. The molecule has 24 heavy (non-hydrogen) atoms. The fraction of sp³-hybridized carbons (Fsp3) is 0.778. The van der Waals surface area contributed by atoms with Crippen molar-refractivity contribution in [3.05, 3.63) is 23.5 Å². The summed E-state index contributed by atoms with van der Waals surface area (Å²) >= 11 is 0. The van der Waals surface area contributed by atoms with E-state index in [4.69, 9.17) is 4.74 Å². The molecule has 1 fully saturated rings. The van der Waals surface area contributed by atoms with Crippen molar-refractivity contribution >= 4 is 0 Å². The second-order valence-electron chi connectivity index (χ2n) is 6.53. The molecule has 0 bridgehead atoms. The smallest absolute Gasteiger partial charge is 0.369 e. The highest BCUT2D eigenvalue weighted by Gasteiger charge is 2.63. The zero-order chi connectivity index (χ0) is 17.8. The van der Waals surface area contributed by atoms with Crippen molar-refractivity contribution in [2.24, 2.45) is 5.92 Å². The largest absolute Gasteiger partial charge is 0.492 e. The van der Waals surface area contributed by atoms with Crippen LogP contribution in [0.2, 0.25) is 0 Å². The van der Waals surface area contributed by atoms with E-state index in [2.05, 4.69) is 11.7 Å². The molecule has 6 heteroatoms. The molecule has 2 rings (SSSR count). The van der Waals surface area contributed by atoms with Gasteiger partial charge in [0.15, 0.2) is 5.76 Å². The lowest BCUT2D eigenvalue weighted by Crippen LogP contribution is -2.46. The minimum Gasteiger partial charge on any atom is -0.492 e. The molecule has 0 aromatic carbocycles. The fourth-order valence-electron chi connectivity index (χ4n) is 3.32. The Kier molecular flexibility index (Phi) is 6.34. The van der Waals surface area contributed by atoms with Crippen LogP contribution in [0.1, 0.15) is 52.4 Å². The van der Waals surface area contributed by atoms with Gasteiger partial charge in [-0.05, 0) is 51.0 Å². The molecule has 2 atom stereocenters. The third-order valence-corrected chi connectivity index (χ3v) is 4.74. The molecule has 0 saturated carbocycles. The van der Waals surface area contributed by atoms with Crippen molar-refractivity contribution in [2.45, 2.75) is 70.3 Å². The van der Waals surface area contributed by atoms with Gasteiger partial charge in [-0.25, -0.2) is 0 Å². The van der Waals surface area contributed by atoms with Crippen LogP contribution in [-0.4, -0.2) is 31.2 Å². The lowest BCUT2D eigenvalue weighted by atomic mass is 9.88. The number of hydrogen-bond acceptors (Lipinski definition) is 2. The maximum absolute atomic E-state index is 14.2. The van der Waals surface area contributed by atoms with Gasteiger partial charge in [0.25, 0.3) is 0 Å². The molecule has 2 unspecified atom stereocenters. The summed E-state index contributed by atoms with van der Waals surface area (Å²) in [5.74, 6) is -8.95. The summed E-state index contributed by atoms with van der Waals surface area (Å²) in [5, 5.41) is 0. The molecular weight excluding hydrogens is 324 g/mol. The van der Waals surface area contributed by atoms with Crippen LogP contribution in [0.3, 0.4) is 0 Å². The Labute approximate surface area is 140 Å². The first-order chi connectivity index (χ1) is 11.3. The maximum Gasteiger partial charge on any atom is 0.369 e. The van der Waals surface area contributed by atoms with Crippen molar-refractivity contribution in [3.63, 3.8) is 0 Å². The topological polar surface area (TPSA) is 18.5 Å². The molecule has 0 N–H and O–H groups in total. The molecular formula is C18H26F4O2. The quantitative estimate of drug-likeness (QED) is 0.565. The van der Waals surface area contributed by atoms with Gasteiger partial charge in [-0.15, -0.1) is 0 Å². The molecule has 0 radical (unpaired) electrons. The Balaban J connectivity index is 1.95. The minimum atomic E-state index is -4.30. The molecule has 138 valence electrons. The van der Waals surface area contributed by atoms with Gasteiger partial charge in [0, 0.05) is 12.2 Å². The van der Waals surface area contributed by atoms with Crippen molar-refractivity contribution in [3.8, 4) is 0 Å². The highest BCUT2D eigenvalue weighted by molar-refractivity contribution is 5.35. The summed E-state index contributed by atoms with van der Waals surface area (Å²) in [7, 11) is 0. The molecule has 0 aromatic rings. The molecule has 0 aromatic heterocycles. The molecule has 1 saturated heterocycles. The van der Waals surface area contributed by atoms with Crippen LogP contribution in [0.25, 0.3) is 0 Å². The van der Waals surface area contributed by atoms with Crippen LogP contribution in [0.4, 0.5) is 17.6 Å². The Morgan fingerprint density at radius 1 is 1.08 bits per heavy atom. The van der Waals surface area contributed by atoms with Crippen LogP contribution in [0, 0.1) is 5.92 Å². The second kappa shape index (κ2) is 7.89. The van der Waals surface area contributed by atoms with Crippen LogP contribution < -0.4 is 0 Å². The summed E-state index contributed by atoms with van der Waals surface area (Å²) in [5.41, 5.74) is -0.546. The zero-order valence-corrected chi connectivity index (χ0v) is 14.3. The zero-order valence-electron chi connectivity index (χ0n) is 14.3. The summed E-state index contributed by atoms with van der Waals surface area (Å²) in [6.07, 6.45) is 6.18. The number of ether oxygens (including phenoxy) is 2. The molecule has 1 heterocycles. The number of rotatable bonds is 7. The molecule has 0 spiro atoms. The lowest BCUT2D eigenvalue weighted by Gasteiger charge is -2.34. The highest BCUT2D eigenvalue weighted by atomic mass is 19.3. The molecule has 2 aliphatic rings. The van der Waals surface area contributed by atoms with E-state index >= 15 is 0 Å². The predicted octanol–water partition coefficient (Wildman–Crippen LogP) is 5.49. The maximum atomic E-state index is 14.2. The Hall–Kier alpha value is -1.04. The highest BCUT2D eigenvalue weighted by Crippen LogP contribution is 2.49. The van der Waals surface area contributed by atoms with Gasteiger partial charge in [-0.1, -0.05) is 19.4 Å². The molecule has 0 amide bonds. The third-order valence-electron chi connectivity index (χ3n) is 4.74. The van der Waals surface area contributed by atoms with Crippen molar-refractivity contribution < 1.29 is 27.0 Å². The number of alkyl halides is 4. The fourth-order valence-corrected chi connectivity index (χ4v) is 3.32. The lowest BCUT2D eigenvalue weighted by molar-refractivity contribution is -0.186. The number of halogens is 4. The van der Waals surface area contributed by atoms with Gasteiger partial charge >= 0.3 is 11.8 Å². The third kappa shape index (κ3) is 3.95. The Bertz CT molecular complexity index is 477. The van der Waals surface area contributed by atoms with Crippen LogP contribution in [0.15, 0.2) is 23.5 Å². The van der Waals surface area contributed by atoms with Gasteiger partial charge in [0.2, 0.25) is 0 Å². The summed E-state index contributed by atoms with van der Waals surface area (Å²) in [6, 6.07) is 0. The van der Waals surface area contributed by atoms with E-state index in [1.807, 2.05) is 0 Å². The van der Waals surface area contributed by atoms with E-state index in [-0.39, 0.29) is 19.1 Å². The summed E-state index contributed by atoms with van der Waals surface area (Å²) < 4.78 is 66.6. The SMILES string of the molecule is CCCC1CCC(CCC2=CC=C(OCC)C(F)(F)C2(F)F)OC1.